The number of rotatable bonds is 6. The topological polar surface area (TPSA) is 95.5 Å². The van der Waals surface area contributed by atoms with Crippen molar-refractivity contribution in [2.45, 2.75) is 46.6 Å². The fourth-order valence-corrected chi connectivity index (χ4v) is 1.22. The SMILES string of the molecule is CCC[C@@H](NC(=O)CNC(=O)C(C)(C)C)C(=O)O. The van der Waals surface area contributed by atoms with E-state index in [-0.39, 0.29) is 12.5 Å². The van der Waals surface area contributed by atoms with Crippen LogP contribution < -0.4 is 10.6 Å². The molecule has 0 fully saturated rings. The van der Waals surface area contributed by atoms with Crippen molar-refractivity contribution in [2.24, 2.45) is 5.41 Å². The molecule has 3 N–H and O–H groups in total. The van der Waals surface area contributed by atoms with Crippen molar-refractivity contribution < 1.29 is 19.5 Å². The van der Waals surface area contributed by atoms with Crippen molar-refractivity contribution in [3.8, 4) is 0 Å². The van der Waals surface area contributed by atoms with Crippen LogP contribution in [0.3, 0.4) is 0 Å². The molecular formula is C12H22N2O4. The van der Waals surface area contributed by atoms with E-state index >= 15 is 0 Å². The average molecular weight is 258 g/mol. The lowest BCUT2D eigenvalue weighted by Crippen LogP contribution is -2.47. The fraction of sp³-hybridized carbons (Fsp3) is 0.750. The van der Waals surface area contributed by atoms with Crippen molar-refractivity contribution in [1.29, 1.82) is 0 Å². The van der Waals surface area contributed by atoms with Gasteiger partial charge >= 0.3 is 5.97 Å². The lowest BCUT2D eigenvalue weighted by atomic mass is 9.96. The zero-order valence-corrected chi connectivity index (χ0v) is 11.4. The second kappa shape index (κ2) is 6.98. The van der Waals surface area contributed by atoms with E-state index in [1.807, 2.05) is 6.92 Å². The maximum atomic E-state index is 11.5. The highest BCUT2D eigenvalue weighted by Crippen LogP contribution is 2.11. The molecule has 0 saturated heterocycles. The van der Waals surface area contributed by atoms with Gasteiger partial charge in [-0.25, -0.2) is 4.79 Å². The maximum absolute atomic E-state index is 11.5. The quantitative estimate of drug-likeness (QED) is 0.647. The highest BCUT2D eigenvalue weighted by Gasteiger charge is 2.23. The van der Waals surface area contributed by atoms with Gasteiger partial charge in [0.05, 0.1) is 6.54 Å². The molecule has 0 aliphatic carbocycles. The number of carboxylic acids is 1. The molecule has 0 aliphatic rings. The Hall–Kier alpha value is -1.59. The number of carbonyl (C=O) groups excluding carboxylic acids is 2. The van der Waals surface area contributed by atoms with E-state index in [1.165, 1.54) is 0 Å². The van der Waals surface area contributed by atoms with E-state index in [0.29, 0.717) is 12.8 Å². The van der Waals surface area contributed by atoms with E-state index in [0.717, 1.165) is 0 Å². The molecular weight excluding hydrogens is 236 g/mol. The molecule has 1 atom stereocenters. The molecule has 18 heavy (non-hydrogen) atoms. The highest BCUT2D eigenvalue weighted by atomic mass is 16.4. The number of nitrogens with one attached hydrogen (secondary N) is 2. The Morgan fingerprint density at radius 1 is 1.22 bits per heavy atom. The predicted octanol–water partition coefficient (Wildman–Crippen LogP) is 0.518. The van der Waals surface area contributed by atoms with Crippen LogP contribution in [0.4, 0.5) is 0 Å². The van der Waals surface area contributed by atoms with Gasteiger partial charge in [0.2, 0.25) is 11.8 Å². The summed E-state index contributed by atoms with van der Waals surface area (Å²) in [6.07, 6.45) is 1.03. The molecule has 0 aromatic heterocycles. The number of hydrogen-bond acceptors (Lipinski definition) is 3. The summed E-state index contributed by atoms with van der Waals surface area (Å²) in [5, 5.41) is 13.7. The fourth-order valence-electron chi connectivity index (χ4n) is 1.22. The van der Waals surface area contributed by atoms with Crippen molar-refractivity contribution >= 4 is 17.8 Å². The zero-order valence-electron chi connectivity index (χ0n) is 11.4. The Balaban J connectivity index is 4.18. The zero-order chi connectivity index (χ0) is 14.3. The first-order chi connectivity index (χ1) is 8.18. The molecule has 0 aromatic carbocycles. The number of amides is 2. The second-order valence-corrected chi connectivity index (χ2v) is 5.18. The molecule has 0 bridgehead atoms. The van der Waals surface area contributed by atoms with Crippen molar-refractivity contribution in [3.05, 3.63) is 0 Å². The summed E-state index contributed by atoms with van der Waals surface area (Å²) in [6, 6.07) is -0.894. The predicted molar refractivity (Wildman–Crippen MR) is 66.9 cm³/mol. The van der Waals surface area contributed by atoms with Gasteiger partial charge in [-0.3, -0.25) is 9.59 Å². The summed E-state index contributed by atoms with van der Waals surface area (Å²) in [7, 11) is 0. The molecule has 0 saturated carbocycles. The monoisotopic (exact) mass is 258 g/mol. The Morgan fingerprint density at radius 3 is 2.17 bits per heavy atom. The Morgan fingerprint density at radius 2 is 1.78 bits per heavy atom. The van der Waals surface area contributed by atoms with E-state index in [4.69, 9.17) is 5.11 Å². The normalized spacial score (nSPS) is 12.7. The average Bonchev–Trinajstić information content (AvgIpc) is 2.23. The lowest BCUT2D eigenvalue weighted by molar-refractivity contribution is -0.142. The molecule has 0 aliphatic heterocycles. The molecule has 0 aromatic rings. The molecule has 104 valence electrons. The lowest BCUT2D eigenvalue weighted by Gasteiger charge is -2.18. The van der Waals surface area contributed by atoms with Gasteiger partial charge in [-0.1, -0.05) is 34.1 Å². The Bertz CT molecular complexity index is 321. The van der Waals surface area contributed by atoms with E-state index in [2.05, 4.69) is 10.6 Å². The molecule has 0 rings (SSSR count). The molecule has 2 amide bonds. The largest absolute Gasteiger partial charge is 0.480 e. The summed E-state index contributed by atoms with van der Waals surface area (Å²) < 4.78 is 0. The van der Waals surface area contributed by atoms with Crippen LogP contribution in [-0.2, 0) is 14.4 Å². The van der Waals surface area contributed by atoms with E-state index in [9.17, 15) is 14.4 Å². The smallest absolute Gasteiger partial charge is 0.326 e. The van der Waals surface area contributed by atoms with Crippen LogP contribution in [0.1, 0.15) is 40.5 Å². The first-order valence-corrected chi connectivity index (χ1v) is 5.99. The molecule has 0 spiro atoms. The van der Waals surface area contributed by atoms with Gasteiger partial charge in [0.15, 0.2) is 0 Å². The van der Waals surface area contributed by atoms with Crippen LogP contribution in [0, 0.1) is 5.41 Å². The third-order valence-corrected chi connectivity index (χ3v) is 2.30. The van der Waals surface area contributed by atoms with Crippen molar-refractivity contribution in [3.63, 3.8) is 0 Å². The first kappa shape index (κ1) is 16.4. The Labute approximate surface area is 107 Å². The van der Waals surface area contributed by atoms with Crippen molar-refractivity contribution in [2.75, 3.05) is 6.54 Å². The molecule has 6 nitrogen and oxygen atoms in total. The van der Waals surface area contributed by atoms with Crippen LogP contribution in [0.25, 0.3) is 0 Å². The van der Waals surface area contributed by atoms with Gasteiger partial charge in [-0.2, -0.15) is 0 Å². The van der Waals surface area contributed by atoms with E-state index < -0.39 is 23.3 Å². The van der Waals surface area contributed by atoms with Crippen LogP contribution in [0.15, 0.2) is 0 Å². The first-order valence-electron chi connectivity index (χ1n) is 5.99. The van der Waals surface area contributed by atoms with Crippen molar-refractivity contribution in [1.82, 2.24) is 10.6 Å². The number of carbonyl (C=O) groups is 3. The van der Waals surface area contributed by atoms with Gasteiger partial charge in [-0.05, 0) is 6.42 Å². The van der Waals surface area contributed by atoms with Gasteiger partial charge in [-0.15, -0.1) is 0 Å². The van der Waals surface area contributed by atoms with Gasteiger partial charge < -0.3 is 15.7 Å². The maximum Gasteiger partial charge on any atom is 0.326 e. The summed E-state index contributed by atoms with van der Waals surface area (Å²) in [6.45, 7) is 6.83. The van der Waals surface area contributed by atoms with Crippen LogP contribution in [-0.4, -0.2) is 35.5 Å². The van der Waals surface area contributed by atoms with Gasteiger partial charge in [0.25, 0.3) is 0 Å². The second-order valence-electron chi connectivity index (χ2n) is 5.18. The molecule has 0 radical (unpaired) electrons. The van der Waals surface area contributed by atoms with Gasteiger partial charge in [0, 0.05) is 5.41 Å². The third kappa shape index (κ3) is 6.22. The van der Waals surface area contributed by atoms with Crippen LogP contribution in [0.2, 0.25) is 0 Å². The summed E-state index contributed by atoms with van der Waals surface area (Å²) >= 11 is 0. The van der Waals surface area contributed by atoms with Crippen LogP contribution >= 0.6 is 0 Å². The highest BCUT2D eigenvalue weighted by molar-refractivity contribution is 5.89. The number of carboxylic acid groups (broad SMARTS) is 1. The minimum Gasteiger partial charge on any atom is -0.480 e. The minimum atomic E-state index is -1.06. The number of aliphatic carboxylic acids is 1. The van der Waals surface area contributed by atoms with Crippen LogP contribution in [0.5, 0.6) is 0 Å². The minimum absolute atomic E-state index is 0.205. The molecule has 6 heteroatoms. The summed E-state index contributed by atoms with van der Waals surface area (Å²) in [5.41, 5.74) is -0.574. The summed E-state index contributed by atoms with van der Waals surface area (Å²) in [5.74, 6) is -1.80. The molecule has 0 unspecified atom stereocenters. The van der Waals surface area contributed by atoms with Gasteiger partial charge in [0.1, 0.15) is 6.04 Å². The molecule has 0 heterocycles. The third-order valence-electron chi connectivity index (χ3n) is 2.30. The van der Waals surface area contributed by atoms with E-state index in [1.54, 1.807) is 20.8 Å². The standard InChI is InChI=1S/C12H22N2O4/c1-5-6-8(10(16)17)14-9(15)7-13-11(18)12(2,3)4/h8H,5-7H2,1-4H3,(H,13,18)(H,14,15)(H,16,17)/t8-/m1/s1. The number of hydrogen-bond donors (Lipinski definition) is 3. The summed E-state index contributed by atoms with van der Waals surface area (Å²) in [4.78, 5) is 33.8. The Kier molecular flexibility index (Phi) is 6.36.